The molecule has 2 aliphatic carbocycles. The van der Waals surface area contributed by atoms with E-state index in [1.165, 1.54) is 18.6 Å². The van der Waals surface area contributed by atoms with Gasteiger partial charge in [0.2, 0.25) is 5.88 Å². The molecule has 5 heterocycles. The maximum atomic E-state index is 17.0. The van der Waals surface area contributed by atoms with Crippen LogP contribution in [0, 0.1) is 28.9 Å². The van der Waals surface area contributed by atoms with Crippen molar-refractivity contribution in [3.05, 3.63) is 41.5 Å². The highest BCUT2D eigenvalue weighted by molar-refractivity contribution is 6.03. The minimum atomic E-state index is -0.712. The van der Waals surface area contributed by atoms with Crippen molar-refractivity contribution < 1.29 is 28.5 Å². The quantitative estimate of drug-likeness (QED) is 0.260. The lowest BCUT2D eigenvalue weighted by molar-refractivity contribution is 0.0966. The lowest BCUT2D eigenvalue weighted by Crippen LogP contribution is -2.53. The van der Waals surface area contributed by atoms with Gasteiger partial charge in [0.25, 0.3) is 0 Å². The number of phenolic OH excluding ortho intramolecular Hbond substituents is 1. The van der Waals surface area contributed by atoms with Gasteiger partial charge in [-0.2, -0.15) is 9.97 Å². The summed E-state index contributed by atoms with van der Waals surface area (Å²) in [5.74, 6) is 0.826. The molecule has 2 aromatic heterocycles. The largest absolute Gasteiger partial charge is 0.508 e. The first kappa shape index (κ1) is 29.3. The van der Waals surface area contributed by atoms with E-state index < -0.39 is 11.6 Å². The summed E-state index contributed by atoms with van der Waals surface area (Å²) in [5.41, 5.74) is 0.560. The van der Waals surface area contributed by atoms with Crippen molar-refractivity contribution >= 4 is 27.5 Å². The first-order valence-corrected chi connectivity index (χ1v) is 16.8. The fourth-order valence-corrected chi connectivity index (χ4v) is 8.32. The summed E-state index contributed by atoms with van der Waals surface area (Å²) < 4.78 is 44.7. The number of pyridine rings is 1. The van der Waals surface area contributed by atoms with Gasteiger partial charge in [0.05, 0.1) is 19.3 Å². The second kappa shape index (κ2) is 10.8. The number of hydrogen-bond acceptors (Lipinski definition) is 10. The topological polar surface area (TPSA) is 116 Å². The molecule has 3 N–H and O–H groups in total. The highest BCUT2D eigenvalue weighted by Gasteiger charge is 2.55. The number of nitrogens with zero attached hydrogens (tertiary/aromatic N) is 5. The Labute approximate surface area is 270 Å². The van der Waals surface area contributed by atoms with E-state index in [1.807, 2.05) is 6.92 Å². The molecule has 4 atom stereocenters. The number of hydrogen-bond donors (Lipinski definition) is 3. The highest BCUT2D eigenvalue weighted by Crippen LogP contribution is 2.53. The van der Waals surface area contributed by atoms with Crippen LogP contribution in [-0.2, 0) is 6.42 Å². The lowest BCUT2D eigenvalue weighted by Gasteiger charge is -2.35. The minimum Gasteiger partial charge on any atom is -0.508 e. The second-order valence-corrected chi connectivity index (χ2v) is 14.1. The van der Waals surface area contributed by atoms with E-state index in [9.17, 15) is 10.2 Å². The SMILES string of the molecule is CCc1c(F)ccc2cc(O)cc(-c3nc4c5c(nc(OCC6(CN7C[C@@H]8C[C@@H]8[C@H]7CO)CC6)nc5c3F)N3CCNC[C@H]3CO4)c12. The summed E-state index contributed by atoms with van der Waals surface area (Å²) in [6.07, 6.45) is 3.61. The number of piperazine rings is 1. The monoisotopic (exact) mass is 644 g/mol. The molecule has 3 aliphatic heterocycles. The molecule has 47 heavy (non-hydrogen) atoms. The predicted molar refractivity (Wildman–Crippen MR) is 172 cm³/mol. The summed E-state index contributed by atoms with van der Waals surface area (Å²) in [6.45, 7) is 6.63. The van der Waals surface area contributed by atoms with E-state index in [4.69, 9.17) is 19.4 Å². The summed E-state index contributed by atoms with van der Waals surface area (Å²) in [5, 5.41) is 25.5. The number of benzene rings is 2. The number of piperidine rings is 1. The molecule has 0 spiro atoms. The lowest BCUT2D eigenvalue weighted by atomic mass is 9.94. The Kier molecular flexibility index (Phi) is 6.75. The Bertz CT molecular complexity index is 1920. The first-order valence-electron chi connectivity index (χ1n) is 16.8. The van der Waals surface area contributed by atoms with Crippen LogP contribution in [0.5, 0.6) is 17.6 Å². The molecular weight excluding hydrogens is 606 g/mol. The number of ether oxygens (including phenoxy) is 2. The fourth-order valence-electron chi connectivity index (χ4n) is 8.32. The Morgan fingerprint density at radius 1 is 1.15 bits per heavy atom. The Balaban J connectivity index is 1.15. The Hall–Kier alpha value is -3.87. The molecular formula is C35H38F2N6O4. The zero-order valence-corrected chi connectivity index (χ0v) is 26.3. The van der Waals surface area contributed by atoms with Gasteiger partial charge in [-0.15, -0.1) is 0 Å². The van der Waals surface area contributed by atoms with Gasteiger partial charge in [-0.05, 0) is 72.1 Å². The minimum absolute atomic E-state index is 0.0138. The van der Waals surface area contributed by atoms with Crippen molar-refractivity contribution in [2.24, 2.45) is 17.3 Å². The number of phenols is 1. The zero-order chi connectivity index (χ0) is 32.0. The van der Waals surface area contributed by atoms with Crippen LogP contribution in [0.4, 0.5) is 14.6 Å². The molecule has 5 aliphatic rings. The highest BCUT2D eigenvalue weighted by atomic mass is 19.1. The summed E-state index contributed by atoms with van der Waals surface area (Å²) in [7, 11) is 0. The number of fused-ring (bicyclic) bond motifs is 4. The van der Waals surface area contributed by atoms with Crippen LogP contribution in [0.3, 0.4) is 0 Å². The van der Waals surface area contributed by atoms with Crippen molar-refractivity contribution in [1.29, 1.82) is 0 Å². The molecule has 12 heteroatoms. The Morgan fingerprint density at radius 3 is 2.83 bits per heavy atom. The molecule has 0 unspecified atom stereocenters. The van der Waals surface area contributed by atoms with Crippen LogP contribution < -0.4 is 19.7 Å². The van der Waals surface area contributed by atoms with E-state index >= 15 is 8.78 Å². The van der Waals surface area contributed by atoms with Crippen LogP contribution in [0.15, 0.2) is 24.3 Å². The number of aromatic nitrogens is 3. The number of aromatic hydroxyl groups is 1. The molecule has 4 fully saturated rings. The van der Waals surface area contributed by atoms with Gasteiger partial charge in [0, 0.05) is 49.7 Å². The summed E-state index contributed by atoms with van der Waals surface area (Å²) in [6, 6.07) is 6.15. The van der Waals surface area contributed by atoms with Crippen molar-refractivity contribution in [2.75, 3.05) is 57.4 Å². The molecule has 2 saturated heterocycles. The Morgan fingerprint density at radius 2 is 2.02 bits per heavy atom. The third-order valence-corrected chi connectivity index (χ3v) is 11.1. The number of halogens is 2. The maximum Gasteiger partial charge on any atom is 0.319 e. The number of likely N-dealkylation sites (tertiary alicyclic amines) is 1. The standard InChI is InChI=1S/C35H38F2N6O4/c1-2-22-25(36)4-3-18-9-21(45)11-24(27(18)22)30-29(37)31-28-32(43-8-7-38-12-20(43)15-46-33(28)39-30)41-34(40-31)47-17-35(5-6-35)16-42-13-19-10-23(19)26(42)14-44/h3-4,9,11,19-20,23,26,38,44-45H,2,5-8,10,12-17H2,1H3/t19-,20-,23-,26+/m0/s1. The van der Waals surface area contributed by atoms with Crippen LogP contribution in [0.2, 0.25) is 0 Å². The third kappa shape index (κ3) is 4.78. The van der Waals surface area contributed by atoms with Crippen LogP contribution in [0.1, 0.15) is 31.7 Å². The van der Waals surface area contributed by atoms with Gasteiger partial charge >= 0.3 is 6.01 Å². The van der Waals surface area contributed by atoms with Gasteiger partial charge in [0.1, 0.15) is 40.6 Å². The number of aliphatic hydroxyl groups excluding tert-OH is 1. The second-order valence-electron chi connectivity index (χ2n) is 14.1. The van der Waals surface area contributed by atoms with Crippen molar-refractivity contribution in [2.45, 2.75) is 44.7 Å². The molecule has 2 saturated carbocycles. The van der Waals surface area contributed by atoms with E-state index in [-0.39, 0.29) is 58.5 Å². The van der Waals surface area contributed by atoms with Crippen molar-refractivity contribution in [3.63, 3.8) is 0 Å². The number of aryl methyl sites for hydroxylation is 1. The molecule has 10 nitrogen and oxygen atoms in total. The molecule has 0 amide bonds. The van der Waals surface area contributed by atoms with E-state index in [1.54, 1.807) is 12.1 Å². The van der Waals surface area contributed by atoms with Gasteiger partial charge in [-0.1, -0.05) is 13.0 Å². The molecule has 0 radical (unpaired) electrons. The molecule has 0 bridgehead atoms. The van der Waals surface area contributed by atoms with Gasteiger partial charge < -0.3 is 29.9 Å². The molecule has 9 rings (SSSR count). The molecule has 246 valence electrons. The third-order valence-electron chi connectivity index (χ3n) is 11.1. The van der Waals surface area contributed by atoms with Crippen LogP contribution in [0.25, 0.3) is 32.9 Å². The number of anilines is 1. The van der Waals surface area contributed by atoms with Crippen molar-refractivity contribution in [3.8, 4) is 28.9 Å². The van der Waals surface area contributed by atoms with Crippen LogP contribution in [-0.4, -0.2) is 94.7 Å². The van der Waals surface area contributed by atoms with E-state index in [2.05, 4.69) is 20.1 Å². The zero-order valence-electron chi connectivity index (χ0n) is 26.3. The average molecular weight is 645 g/mol. The normalized spacial score (nSPS) is 25.7. The van der Waals surface area contributed by atoms with Crippen LogP contribution >= 0.6 is 0 Å². The maximum absolute atomic E-state index is 17.0. The van der Waals surface area contributed by atoms with Gasteiger partial charge in [-0.25, -0.2) is 13.8 Å². The summed E-state index contributed by atoms with van der Waals surface area (Å²) >= 11 is 0. The van der Waals surface area contributed by atoms with Gasteiger partial charge in [0.15, 0.2) is 5.82 Å². The first-order chi connectivity index (χ1) is 22.9. The summed E-state index contributed by atoms with van der Waals surface area (Å²) in [4.78, 5) is 18.8. The van der Waals surface area contributed by atoms with Gasteiger partial charge in [-0.3, -0.25) is 4.90 Å². The van der Waals surface area contributed by atoms with E-state index in [0.29, 0.717) is 72.1 Å². The number of nitrogens with one attached hydrogen (secondary N) is 1. The average Bonchev–Trinajstić information content (AvgIpc) is 4.00. The van der Waals surface area contributed by atoms with Crippen molar-refractivity contribution in [1.82, 2.24) is 25.2 Å². The number of aliphatic hydroxyl groups is 1. The molecule has 4 aromatic rings. The molecule has 2 aromatic carbocycles. The predicted octanol–water partition coefficient (Wildman–Crippen LogP) is 4.03. The van der Waals surface area contributed by atoms with E-state index in [0.717, 1.165) is 32.5 Å². The smallest absolute Gasteiger partial charge is 0.319 e. The fraction of sp³-hybridized carbons (Fsp3) is 0.514. The number of rotatable bonds is 8.